The lowest BCUT2D eigenvalue weighted by Crippen LogP contribution is -2.10. The summed E-state index contributed by atoms with van der Waals surface area (Å²) >= 11 is -0.590. The zero-order valence-electron chi connectivity index (χ0n) is 14.2. The fraction of sp³-hybridized carbons (Fsp3) is 0.294. The van der Waals surface area contributed by atoms with E-state index >= 15 is 0 Å². The third-order valence-electron chi connectivity index (χ3n) is 3.81. The molecule has 0 aliphatic rings. The molecule has 5 nitrogen and oxygen atoms in total. The SMILES string of the molecule is COCCC[S@+]([O-])c1sc2nc(-c3cccnc3)cc(C(F)(F)F)c2c1N. The second kappa shape index (κ2) is 8.01. The number of nitrogens with zero attached hydrogens (tertiary/aromatic N) is 2. The second-order valence-electron chi connectivity index (χ2n) is 5.67. The zero-order chi connectivity index (χ0) is 19.6. The third-order valence-corrected chi connectivity index (χ3v) is 6.81. The van der Waals surface area contributed by atoms with Crippen molar-refractivity contribution in [2.24, 2.45) is 0 Å². The lowest BCUT2D eigenvalue weighted by molar-refractivity contribution is -0.136. The van der Waals surface area contributed by atoms with Crippen LogP contribution in [0.3, 0.4) is 0 Å². The van der Waals surface area contributed by atoms with Crippen LogP contribution in [0.15, 0.2) is 34.8 Å². The van der Waals surface area contributed by atoms with Crippen molar-refractivity contribution >= 4 is 38.4 Å². The van der Waals surface area contributed by atoms with Crippen LogP contribution in [-0.4, -0.2) is 34.0 Å². The van der Waals surface area contributed by atoms with E-state index in [0.717, 1.165) is 17.4 Å². The molecule has 3 aromatic rings. The molecule has 0 saturated heterocycles. The molecule has 0 bridgehead atoms. The summed E-state index contributed by atoms with van der Waals surface area (Å²) in [6.45, 7) is 0.410. The van der Waals surface area contributed by atoms with Gasteiger partial charge in [0.05, 0.1) is 23.3 Å². The smallest absolute Gasteiger partial charge is 0.417 e. The average Bonchev–Trinajstić information content (AvgIpc) is 2.98. The maximum absolute atomic E-state index is 13.7. The maximum atomic E-state index is 13.7. The Morgan fingerprint density at radius 3 is 2.78 bits per heavy atom. The minimum absolute atomic E-state index is 0.108. The highest BCUT2D eigenvalue weighted by Gasteiger charge is 2.37. The van der Waals surface area contributed by atoms with Gasteiger partial charge in [0.1, 0.15) is 16.3 Å². The van der Waals surface area contributed by atoms with E-state index < -0.39 is 22.9 Å². The Morgan fingerprint density at radius 2 is 2.15 bits per heavy atom. The van der Waals surface area contributed by atoms with Crippen LogP contribution < -0.4 is 5.73 Å². The number of hydrogen-bond donors (Lipinski definition) is 1. The number of anilines is 1. The van der Waals surface area contributed by atoms with Gasteiger partial charge in [-0.25, -0.2) is 4.98 Å². The third kappa shape index (κ3) is 4.18. The first-order valence-electron chi connectivity index (χ1n) is 7.91. The lowest BCUT2D eigenvalue weighted by Gasteiger charge is -2.11. The van der Waals surface area contributed by atoms with Crippen molar-refractivity contribution in [3.63, 3.8) is 0 Å². The van der Waals surface area contributed by atoms with E-state index in [1.807, 2.05) is 0 Å². The molecule has 0 fully saturated rings. The van der Waals surface area contributed by atoms with E-state index in [-0.39, 0.29) is 31.6 Å². The van der Waals surface area contributed by atoms with Gasteiger partial charge in [-0.1, -0.05) is 11.3 Å². The summed E-state index contributed by atoms with van der Waals surface area (Å²) in [5.41, 5.74) is 5.55. The van der Waals surface area contributed by atoms with Crippen molar-refractivity contribution in [3.05, 3.63) is 36.2 Å². The Bertz CT molecular complexity index is 933. The predicted octanol–water partition coefficient (Wildman–Crippen LogP) is 4.10. The Hall–Kier alpha value is -1.88. The largest absolute Gasteiger partial charge is 0.611 e. The molecule has 144 valence electrons. The summed E-state index contributed by atoms with van der Waals surface area (Å²) in [6, 6.07) is 4.20. The molecule has 10 heteroatoms. The molecule has 27 heavy (non-hydrogen) atoms. The number of nitrogen functional groups attached to an aromatic ring is 1. The highest BCUT2D eigenvalue weighted by Crippen LogP contribution is 2.45. The standard InChI is InChI=1S/C17H16F3N3O2S2/c1-25-6-3-7-27(24)16-14(21)13-11(17(18,19)20)8-12(23-15(13)26-16)10-4-2-5-22-9-10/h2,4-5,8-9H,3,6-7,21H2,1H3/t27-/m0/s1. The fourth-order valence-electron chi connectivity index (χ4n) is 2.58. The van der Waals surface area contributed by atoms with Gasteiger partial charge >= 0.3 is 6.18 Å². The molecule has 0 spiro atoms. The molecule has 1 atom stereocenters. The van der Waals surface area contributed by atoms with Crippen LogP contribution in [0.25, 0.3) is 21.5 Å². The van der Waals surface area contributed by atoms with Crippen LogP contribution in [0, 0.1) is 0 Å². The summed E-state index contributed by atoms with van der Waals surface area (Å²) in [5, 5.41) is -0.199. The van der Waals surface area contributed by atoms with Crippen molar-refractivity contribution in [2.75, 3.05) is 25.2 Å². The topological polar surface area (TPSA) is 84.1 Å². The van der Waals surface area contributed by atoms with Gasteiger partial charge in [0, 0.05) is 31.5 Å². The normalized spacial score (nSPS) is 13.2. The second-order valence-corrected chi connectivity index (χ2v) is 8.44. The number of rotatable bonds is 6. The summed E-state index contributed by atoms with van der Waals surface area (Å²) in [6.07, 6.45) is -1.15. The number of methoxy groups -OCH3 is 1. The molecule has 3 rings (SSSR count). The van der Waals surface area contributed by atoms with Gasteiger partial charge in [0.15, 0.2) is 0 Å². The molecule has 0 aliphatic carbocycles. The van der Waals surface area contributed by atoms with E-state index in [2.05, 4.69) is 9.97 Å². The quantitative estimate of drug-likeness (QED) is 0.484. The van der Waals surface area contributed by atoms with Crippen molar-refractivity contribution in [1.82, 2.24) is 9.97 Å². The van der Waals surface area contributed by atoms with Crippen LogP contribution in [0.1, 0.15) is 12.0 Å². The Balaban J connectivity index is 2.14. The first-order valence-corrected chi connectivity index (χ1v) is 10.0. The molecule has 3 aromatic heterocycles. The minimum atomic E-state index is -4.62. The highest BCUT2D eigenvalue weighted by molar-refractivity contribution is 7.93. The summed E-state index contributed by atoms with van der Waals surface area (Å²) in [7, 11) is 1.52. The van der Waals surface area contributed by atoms with E-state index in [1.165, 1.54) is 19.5 Å². The summed E-state index contributed by atoms with van der Waals surface area (Å²) in [4.78, 5) is 8.35. The van der Waals surface area contributed by atoms with E-state index in [1.54, 1.807) is 12.1 Å². The maximum Gasteiger partial charge on any atom is 0.417 e. The van der Waals surface area contributed by atoms with E-state index in [9.17, 15) is 17.7 Å². The number of nitrogens with two attached hydrogens (primary N) is 1. The van der Waals surface area contributed by atoms with Crippen LogP contribution in [0.4, 0.5) is 18.9 Å². The predicted molar refractivity (Wildman–Crippen MR) is 100 cm³/mol. The number of aromatic nitrogens is 2. The molecule has 0 radical (unpaired) electrons. The van der Waals surface area contributed by atoms with Gasteiger partial charge in [-0.15, -0.1) is 0 Å². The number of thiophene rings is 1. The number of ether oxygens (including phenoxy) is 1. The van der Waals surface area contributed by atoms with Crippen LogP contribution in [0.2, 0.25) is 0 Å². The molecular weight excluding hydrogens is 399 g/mol. The number of alkyl halides is 3. The van der Waals surface area contributed by atoms with Crippen molar-refractivity contribution in [3.8, 4) is 11.3 Å². The lowest BCUT2D eigenvalue weighted by atomic mass is 10.1. The van der Waals surface area contributed by atoms with Crippen LogP contribution >= 0.6 is 11.3 Å². The van der Waals surface area contributed by atoms with Crippen LogP contribution in [-0.2, 0) is 22.1 Å². The van der Waals surface area contributed by atoms with Gasteiger partial charge in [-0.05, 0) is 29.4 Å². The molecule has 0 aliphatic heterocycles. The molecular formula is C17H16F3N3O2S2. The van der Waals surface area contributed by atoms with Crippen molar-refractivity contribution in [1.29, 1.82) is 0 Å². The van der Waals surface area contributed by atoms with Crippen molar-refractivity contribution in [2.45, 2.75) is 16.8 Å². The van der Waals surface area contributed by atoms with Gasteiger partial charge in [-0.3, -0.25) is 4.98 Å². The van der Waals surface area contributed by atoms with Crippen LogP contribution in [0.5, 0.6) is 0 Å². The van der Waals surface area contributed by atoms with Gasteiger partial charge in [0.25, 0.3) is 0 Å². The number of halogens is 3. The van der Waals surface area contributed by atoms with Gasteiger partial charge in [0.2, 0.25) is 4.21 Å². The van der Waals surface area contributed by atoms with E-state index in [0.29, 0.717) is 18.6 Å². The molecule has 0 saturated carbocycles. The Kier molecular flexibility index (Phi) is 5.89. The first kappa shape index (κ1) is 19.9. The number of hydrogen-bond acceptors (Lipinski definition) is 6. The van der Waals surface area contributed by atoms with E-state index in [4.69, 9.17) is 10.5 Å². The molecule has 0 unspecified atom stereocenters. The zero-order valence-corrected chi connectivity index (χ0v) is 15.9. The monoisotopic (exact) mass is 415 g/mol. The van der Waals surface area contributed by atoms with Gasteiger partial charge < -0.3 is 15.0 Å². The average molecular weight is 415 g/mol. The molecule has 2 N–H and O–H groups in total. The summed E-state index contributed by atoms with van der Waals surface area (Å²) < 4.78 is 58.6. The molecule has 0 amide bonds. The molecule has 0 aromatic carbocycles. The molecule has 3 heterocycles. The van der Waals surface area contributed by atoms with Gasteiger partial charge in [-0.2, -0.15) is 13.2 Å². The Labute approximate surface area is 160 Å². The summed E-state index contributed by atoms with van der Waals surface area (Å²) in [5.74, 6) is 0.252. The fourth-order valence-corrected chi connectivity index (χ4v) is 5.21. The highest BCUT2D eigenvalue weighted by atomic mass is 32.2. The Morgan fingerprint density at radius 1 is 1.37 bits per heavy atom. The number of pyridine rings is 2. The van der Waals surface area contributed by atoms with Crippen molar-refractivity contribution < 1.29 is 22.5 Å². The minimum Gasteiger partial charge on any atom is -0.611 e. The number of fused-ring (bicyclic) bond motifs is 1. The first-order chi connectivity index (χ1) is 12.8.